The molecule has 0 aliphatic carbocycles. The van der Waals surface area contributed by atoms with Crippen molar-refractivity contribution in [3.63, 3.8) is 0 Å². The number of aryl methyl sites for hydroxylation is 2. The number of benzene rings is 1. The Balaban J connectivity index is 2.06. The molecule has 0 atom stereocenters. The molecule has 3 aromatic heterocycles. The van der Waals surface area contributed by atoms with E-state index in [9.17, 15) is 9.18 Å². The third kappa shape index (κ3) is 2.55. The molecule has 26 heavy (non-hydrogen) atoms. The molecule has 3 heterocycles. The SMILES string of the molecule is Cc1nc(-c2nccs2)nc(-n2cc(C)c3cc(F)ccc32)c1C(N)=O. The van der Waals surface area contributed by atoms with Gasteiger partial charge in [0.2, 0.25) is 0 Å². The Morgan fingerprint density at radius 3 is 2.77 bits per heavy atom. The second-order valence-electron chi connectivity index (χ2n) is 5.88. The fraction of sp³-hybridized carbons (Fsp3) is 0.111. The van der Waals surface area contributed by atoms with E-state index in [0.717, 1.165) is 16.5 Å². The summed E-state index contributed by atoms with van der Waals surface area (Å²) in [5.74, 6) is -0.167. The number of nitrogens with two attached hydrogens (primary N) is 1. The van der Waals surface area contributed by atoms with Gasteiger partial charge in [0.05, 0.1) is 11.2 Å². The smallest absolute Gasteiger partial charge is 0.254 e. The van der Waals surface area contributed by atoms with Gasteiger partial charge in [-0.3, -0.25) is 4.79 Å². The molecule has 0 fully saturated rings. The summed E-state index contributed by atoms with van der Waals surface area (Å²) in [7, 11) is 0. The highest BCUT2D eigenvalue weighted by molar-refractivity contribution is 7.13. The van der Waals surface area contributed by atoms with Crippen LogP contribution < -0.4 is 5.73 Å². The van der Waals surface area contributed by atoms with Gasteiger partial charge in [0.15, 0.2) is 16.6 Å². The van der Waals surface area contributed by atoms with Gasteiger partial charge in [0.1, 0.15) is 11.4 Å². The lowest BCUT2D eigenvalue weighted by Crippen LogP contribution is -2.19. The quantitative estimate of drug-likeness (QED) is 0.601. The number of amides is 1. The van der Waals surface area contributed by atoms with E-state index in [4.69, 9.17) is 5.73 Å². The molecule has 0 bridgehead atoms. The van der Waals surface area contributed by atoms with Gasteiger partial charge in [0, 0.05) is 23.2 Å². The van der Waals surface area contributed by atoms with Crippen molar-refractivity contribution in [3.8, 4) is 16.6 Å². The summed E-state index contributed by atoms with van der Waals surface area (Å²) >= 11 is 1.40. The first-order chi connectivity index (χ1) is 12.5. The maximum Gasteiger partial charge on any atom is 0.254 e. The number of hydrogen-bond donors (Lipinski definition) is 1. The summed E-state index contributed by atoms with van der Waals surface area (Å²) in [4.78, 5) is 25.2. The Morgan fingerprint density at radius 2 is 2.08 bits per heavy atom. The highest BCUT2D eigenvalue weighted by Crippen LogP contribution is 2.28. The molecular weight excluding hydrogens is 353 g/mol. The molecule has 0 aliphatic rings. The van der Waals surface area contributed by atoms with E-state index < -0.39 is 5.91 Å². The topological polar surface area (TPSA) is 86.7 Å². The zero-order valence-electron chi connectivity index (χ0n) is 14.0. The number of rotatable bonds is 3. The predicted octanol–water partition coefficient (Wildman–Crippen LogP) is 3.40. The van der Waals surface area contributed by atoms with Gasteiger partial charge in [-0.2, -0.15) is 0 Å². The number of fused-ring (bicyclic) bond motifs is 1. The molecule has 4 aromatic rings. The number of carbonyl (C=O) groups is 1. The minimum atomic E-state index is -0.621. The summed E-state index contributed by atoms with van der Waals surface area (Å²) in [6, 6.07) is 4.49. The summed E-state index contributed by atoms with van der Waals surface area (Å²) < 4.78 is 15.4. The minimum absolute atomic E-state index is 0.228. The van der Waals surface area contributed by atoms with Gasteiger partial charge in [-0.1, -0.05) is 0 Å². The van der Waals surface area contributed by atoms with Crippen molar-refractivity contribution in [3.05, 3.63) is 58.6 Å². The summed E-state index contributed by atoms with van der Waals surface area (Å²) in [5.41, 5.74) is 7.88. The normalized spacial score (nSPS) is 11.2. The predicted molar refractivity (Wildman–Crippen MR) is 97.9 cm³/mol. The molecule has 2 N–H and O–H groups in total. The van der Waals surface area contributed by atoms with Crippen molar-refractivity contribution in [2.75, 3.05) is 0 Å². The number of hydrogen-bond acceptors (Lipinski definition) is 5. The van der Waals surface area contributed by atoms with Gasteiger partial charge in [-0.25, -0.2) is 19.3 Å². The Hall–Kier alpha value is -3.13. The van der Waals surface area contributed by atoms with E-state index in [1.807, 2.05) is 18.5 Å². The number of halogens is 1. The average Bonchev–Trinajstić information content (AvgIpc) is 3.22. The largest absolute Gasteiger partial charge is 0.365 e. The van der Waals surface area contributed by atoms with E-state index in [-0.39, 0.29) is 11.4 Å². The standard InChI is InChI=1S/C18H14FN5OS/c1-9-8-24(13-4-3-11(19)7-12(9)13)17-14(15(20)25)10(2)22-16(23-17)18-21-5-6-26-18/h3-8H,1-2H3,(H2,20,25). The van der Waals surface area contributed by atoms with E-state index in [2.05, 4.69) is 15.0 Å². The van der Waals surface area contributed by atoms with Gasteiger partial charge >= 0.3 is 0 Å². The molecule has 1 aromatic carbocycles. The summed E-state index contributed by atoms with van der Waals surface area (Å²) in [6.45, 7) is 3.58. The first-order valence-electron chi connectivity index (χ1n) is 7.81. The molecule has 0 radical (unpaired) electrons. The monoisotopic (exact) mass is 367 g/mol. The van der Waals surface area contributed by atoms with Crippen LogP contribution in [0.3, 0.4) is 0 Å². The maximum atomic E-state index is 13.6. The first-order valence-corrected chi connectivity index (χ1v) is 8.69. The zero-order valence-corrected chi connectivity index (χ0v) is 14.8. The van der Waals surface area contributed by atoms with Gasteiger partial charge in [0.25, 0.3) is 5.91 Å². The van der Waals surface area contributed by atoms with Crippen LogP contribution in [0, 0.1) is 19.7 Å². The van der Waals surface area contributed by atoms with E-state index in [0.29, 0.717) is 22.3 Å². The van der Waals surface area contributed by atoms with Crippen LogP contribution in [0.4, 0.5) is 4.39 Å². The van der Waals surface area contributed by atoms with Crippen molar-refractivity contribution < 1.29 is 9.18 Å². The molecule has 130 valence electrons. The molecule has 1 amide bonds. The van der Waals surface area contributed by atoms with Crippen LogP contribution in [0.15, 0.2) is 36.0 Å². The Morgan fingerprint density at radius 1 is 1.27 bits per heavy atom. The average molecular weight is 367 g/mol. The molecular formula is C18H14FN5OS. The summed E-state index contributed by atoms with van der Waals surface area (Å²) in [6.07, 6.45) is 3.47. The Bertz CT molecular complexity index is 1150. The fourth-order valence-corrected chi connectivity index (χ4v) is 3.56. The first kappa shape index (κ1) is 16.3. The Kier molecular flexibility index (Phi) is 3.77. The van der Waals surface area contributed by atoms with Crippen LogP contribution in [-0.4, -0.2) is 25.4 Å². The second kappa shape index (κ2) is 5.99. The van der Waals surface area contributed by atoms with E-state index >= 15 is 0 Å². The second-order valence-corrected chi connectivity index (χ2v) is 6.77. The maximum absolute atomic E-state index is 13.6. The molecule has 8 heteroatoms. The fourth-order valence-electron chi connectivity index (χ4n) is 2.99. The van der Waals surface area contributed by atoms with Gasteiger partial charge in [-0.05, 0) is 37.6 Å². The number of nitrogens with zero attached hydrogens (tertiary/aromatic N) is 4. The minimum Gasteiger partial charge on any atom is -0.365 e. The van der Waals surface area contributed by atoms with Crippen molar-refractivity contribution in [2.45, 2.75) is 13.8 Å². The van der Waals surface area contributed by atoms with E-state index in [1.165, 1.54) is 23.5 Å². The highest BCUT2D eigenvalue weighted by atomic mass is 32.1. The lowest BCUT2D eigenvalue weighted by Gasteiger charge is -2.12. The van der Waals surface area contributed by atoms with Crippen LogP contribution >= 0.6 is 11.3 Å². The van der Waals surface area contributed by atoms with Crippen LogP contribution in [0.1, 0.15) is 21.6 Å². The molecule has 0 saturated heterocycles. The number of aromatic nitrogens is 4. The van der Waals surface area contributed by atoms with Crippen molar-refractivity contribution in [2.24, 2.45) is 5.73 Å². The third-order valence-electron chi connectivity index (χ3n) is 4.13. The lowest BCUT2D eigenvalue weighted by atomic mass is 10.2. The molecule has 4 rings (SSSR count). The molecule has 0 spiro atoms. The number of primary amides is 1. The number of thiazole rings is 1. The Labute approximate surface area is 152 Å². The summed E-state index contributed by atoms with van der Waals surface area (Å²) in [5, 5.41) is 3.21. The van der Waals surface area contributed by atoms with Crippen molar-refractivity contribution in [1.82, 2.24) is 19.5 Å². The lowest BCUT2D eigenvalue weighted by molar-refractivity contribution is 0.0999. The van der Waals surface area contributed by atoms with Gasteiger partial charge < -0.3 is 10.3 Å². The van der Waals surface area contributed by atoms with Crippen molar-refractivity contribution in [1.29, 1.82) is 0 Å². The zero-order chi connectivity index (χ0) is 18.4. The number of carbonyl (C=O) groups excluding carboxylic acids is 1. The van der Waals surface area contributed by atoms with Gasteiger partial charge in [-0.15, -0.1) is 11.3 Å². The third-order valence-corrected chi connectivity index (χ3v) is 4.90. The molecule has 0 aliphatic heterocycles. The van der Waals surface area contributed by atoms with Crippen LogP contribution in [-0.2, 0) is 0 Å². The molecule has 6 nitrogen and oxygen atoms in total. The molecule has 0 saturated carbocycles. The van der Waals surface area contributed by atoms with Crippen LogP contribution in [0.5, 0.6) is 0 Å². The van der Waals surface area contributed by atoms with Crippen LogP contribution in [0.25, 0.3) is 27.6 Å². The molecule has 0 unspecified atom stereocenters. The van der Waals surface area contributed by atoms with Crippen LogP contribution in [0.2, 0.25) is 0 Å². The van der Waals surface area contributed by atoms with Crippen molar-refractivity contribution >= 4 is 28.1 Å². The highest BCUT2D eigenvalue weighted by Gasteiger charge is 2.21. The van der Waals surface area contributed by atoms with E-state index in [1.54, 1.807) is 23.8 Å².